The van der Waals surface area contributed by atoms with Gasteiger partial charge in [-0.3, -0.25) is 0 Å². The van der Waals surface area contributed by atoms with Crippen LogP contribution in [0, 0.1) is 0 Å². The molecule has 5 nitrogen and oxygen atoms in total. The third kappa shape index (κ3) is 5.03. The highest BCUT2D eigenvalue weighted by Crippen LogP contribution is 2.32. The second-order valence-corrected chi connectivity index (χ2v) is 7.97. The summed E-state index contributed by atoms with van der Waals surface area (Å²) in [6.45, 7) is 0.421. The first-order chi connectivity index (χ1) is 15.6. The van der Waals surface area contributed by atoms with Crippen molar-refractivity contribution in [1.82, 2.24) is 0 Å². The Morgan fingerprint density at radius 2 is 1.66 bits per heavy atom. The number of carbonyl (C=O) groups excluding carboxylic acids is 1. The van der Waals surface area contributed by atoms with Crippen LogP contribution in [0.4, 0.5) is 0 Å². The Kier molecular flexibility index (Phi) is 6.61. The van der Waals surface area contributed by atoms with E-state index in [0.717, 1.165) is 26.9 Å². The normalized spacial score (nSPS) is 14.2. The first-order valence-corrected chi connectivity index (χ1v) is 10.7. The van der Waals surface area contributed by atoms with Crippen molar-refractivity contribution < 1.29 is 23.7 Å². The molecule has 32 heavy (non-hydrogen) atoms. The molecule has 1 aliphatic heterocycles. The van der Waals surface area contributed by atoms with Gasteiger partial charge in [0.1, 0.15) is 18.1 Å². The van der Waals surface area contributed by atoms with Crippen LogP contribution in [0.25, 0.3) is 11.8 Å². The van der Waals surface area contributed by atoms with Crippen molar-refractivity contribution in [3.63, 3.8) is 0 Å². The van der Waals surface area contributed by atoms with E-state index in [2.05, 4.69) is 15.9 Å². The second kappa shape index (κ2) is 9.75. The van der Waals surface area contributed by atoms with Crippen molar-refractivity contribution in [3.05, 3.63) is 99.5 Å². The van der Waals surface area contributed by atoms with Crippen molar-refractivity contribution in [2.75, 3.05) is 14.2 Å². The highest BCUT2D eigenvalue weighted by Gasteiger charge is 2.22. The number of esters is 1. The number of benzene rings is 3. The fourth-order valence-electron chi connectivity index (χ4n) is 3.20. The summed E-state index contributed by atoms with van der Waals surface area (Å²) in [5, 5.41) is 0. The van der Waals surface area contributed by atoms with Crippen LogP contribution in [-0.2, 0) is 16.1 Å². The zero-order valence-electron chi connectivity index (χ0n) is 17.6. The van der Waals surface area contributed by atoms with Crippen molar-refractivity contribution >= 4 is 33.7 Å². The van der Waals surface area contributed by atoms with E-state index in [9.17, 15) is 4.79 Å². The monoisotopic (exact) mass is 492 g/mol. The van der Waals surface area contributed by atoms with E-state index in [0.29, 0.717) is 29.4 Å². The Morgan fingerprint density at radius 3 is 2.34 bits per heavy atom. The minimum atomic E-state index is -0.398. The van der Waals surface area contributed by atoms with Gasteiger partial charge in [0, 0.05) is 10.0 Å². The minimum absolute atomic E-state index is 0.398. The fourth-order valence-corrected chi connectivity index (χ4v) is 3.47. The molecule has 3 aromatic rings. The maximum absolute atomic E-state index is 12.4. The lowest BCUT2D eigenvalue weighted by atomic mass is 10.1. The minimum Gasteiger partial charge on any atom is -0.497 e. The van der Waals surface area contributed by atoms with Gasteiger partial charge in [-0.2, -0.15) is 0 Å². The van der Waals surface area contributed by atoms with Crippen molar-refractivity contribution in [2.24, 2.45) is 0 Å². The van der Waals surface area contributed by atoms with Crippen molar-refractivity contribution in [1.29, 1.82) is 0 Å². The molecule has 0 bridgehead atoms. The summed E-state index contributed by atoms with van der Waals surface area (Å²) in [6, 6.07) is 20.8. The molecule has 4 rings (SSSR count). The molecule has 1 aliphatic rings. The van der Waals surface area contributed by atoms with Crippen LogP contribution in [0.15, 0.2) is 82.9 Å². The standard InChI is InChI=1S/C26H21BrO5/c1-29-22-10-6-19(7-11-22)24-15-20(26(28)32-24)13-18-5-12-23(25(14-18)30-2)31-16-17-3-8-21(27)9-4-17/h3-15H,16H2,1-2H3/b20-13+. The smallest absolute Gasteiger partial charge is 0.343 e. The van der Waals surface area contributed by atoms with Crippen LogP contribution < -0.4 is 14.2 Å². The maximum atomic E-state index is 12.4. The van der Waals surface area contributed by atoms with E-state index in [1.165, 1.54) is 0 Å². The summed E-state index contributed by atoms with van der Waals surface area (Å²) in [4.78, 5) is 12.4. The molecule has 0 fully saturated rings. The zero-order chi connectivity index (χ0) is 22.5. The predicted molar refractivity (Wildman–Crippen MR) is 127 cm³/mol. The van der Waals surface area contributed by atoms with Gasteiger partial charge in [0.05, 0.1) is 19.8 Å². The maximum Gasteiger partial charge on any atom is 0.343 e. The summed E-state index contributed by atoms with van der Waals surface area (Å²) in [5.41, 5.74) is 3.11. The number of hydrogen-bond donors (Lipinski definition) is 0. The van der Waals surface area contributed by atoms with Gasteiger partial charge in [-0.15, -0.1) is 0 Å². The van der Waals surface area contributed by atoms with E-state index in [1.807, 2.05) is 66.7 Å². The number of methoxy groups -OCH3 is 2. The molecule has 0 spiro atoms. The number of cyclic esters (lactones) is 1. The molecule has 0 radical (unpaired) electrons. The highest BCUT2D eigenvalue weighted by molar-refractivity contribution is 9.10. The predicted octanol–water partition coefficient (Wildman–Crippen LogP) is 6.03. The van der Waals surface area contributed by atoms with E-state index in [1.54, 1.807) is 26.4 Å². The van der Waals surface area contributed by atoms with E-state index in [-0.39, 0.29) is 0 Å². The van der Waals surface area contributed by atoms with Crippen molar-refractivity contribution in [2.45, 2.75) is 6.61 Å². The molecular weight excluding hydrogens is 472 g/mol. The molecule has 0 atom stereocenters. The average molecular weight is 493 g/mol. The summed E-state index contributed by atoms with van der Waals surface area (Å²) < 4.78 is 23.0. The lowest BCUT2D eigenvalue weighted by Crippen LogP contribution is -1.99. The number of rotatable bonds is 7. The highest BCUT2D eigenvalue weighted by atomic mass is 79.9. The van der Waals surface area contributed by atoms with Gasteiger partial charge in [0.25, 0.3) is 0 Å². The Morgan fingerprint density at radius 1 is 0.906 bits per heavy atom. The molecule has 0 aliphatic carbocycles. The Balaban J connectivity index is 1.52. The largest absolute Gasteiger partial charge is 0.497 e. The Hall–Kier alpha value is -3.51. The quantitative estimate of drug-likeness (QED) is 0.297. The molecule has 162 valence electrons. The molecule has 1 heterocycles. The lowest BCUT2D eigenvalue weighted by Gasteiger charge is -2.11. The van der Waals surface area contributed by atoms with Crippen LogP contribution in [-0.4, -0.2) is 20.2 Å². The summed E-state index contributed by atoms with van der Waals surface area (Å²) in [7, 11) is 3.19. The van der Waals surface area contributed by atoms with Gasteiger partial charge < -0.3 is 18.9 Å². The average Bonchev–Trinajstić information content (AvgIpc) is 3.19. The molecule has 0 amide bonds. The van der Waals surface area contributed by atoms with Crippen LogP contribution in [0.5, 0.6) is 17.2 Å². The Bertz CT molecular complexity index is 1180. The fraction of sp³-hybridized carbons (Fsp3) is 0.115. The molecule has 0 aromatic heterocycles. The SMILES string of the molecule is COc1ccc(C2=C/C(=C\c3ccc(OCc4ccc(Br)cc4)c(OC)c3)C(=O)O2)cc1. The summed E-state index contributed by atoms with van der Waals surface area (Å²) in [5.74, 6) is 2.06. The van der Waals surface area contributed by atoms with Crippen LogP contribution >= 0.6 is 15.9 Å². The molecular formula is C26H21BrO5. The first-order valence-electron chi connectivity index (χ1n) is 9.91. The number of hydrogen-bond acceptors (Lipinski definition) is 5. The third-order valence-electron chi connectivity index (χ3n) is 4.92. The molecule has 0 N–H and O–H groups in total. The summed E-state index contributed by atoms with van der Waals surface area (Å²) in [6.07, 6.45) is 3.49. The Labute approximate surface area is 195 Å². The van der Waals surface area contributed by atoms with E-state index < -0.39 is 5.97 Å². The van der Waals surface area contributed by atoms with Crippen LogP contribution in [0.1, 0.15) is 16.7 Å². The van der Waals surface area contributed by atoms with E-state index in [4.69, 9.17) is 18.9 Å². The van der Waals surface area contributed by atoms with Gasteiger partial charge in [0.15, 0.2) is 11.5 Å². The van der Waals surface area contributed by atoms with Gasteiger partial charge in [-0.1, -0.05) is 34.1 Å². The zero-order valence-corrected chi connectivity index (χ0v) is 19.2. The van der Waals surface area contributed by atoms with Gasteiger partial charge in [-0.25, -0.2) is 4.79 Å². The van der Waals surface area contributed by atoms with Crippen LogP contribution in [0.3, 0.4) is 0 Å². The lowest BCUT2D eigenvalue weighted by molar-refractivity contribution is -0.130. The van der Waals surface area contributed by atoms with Gasteiger partial charge in [0.2, 0.25) is 0 Å². The second-order valence-electron chi connectivity index (χ2n) is 7.05. The molecule has 6 heteroatoms. The first kappa shape index (κ1) is 21.7. The van der Waals surface area contributed by atoms with Crippen molar-refractivity contribution in [3.8, 4) is 17.2 Å². The number of ether oxygens (including phenoxy) is 4. The van der Waals surface area contributed by atoms with E-state index >= 15 is 0 Å². The topological polar surface area (TPSA) is 54.0 Å². The van der Waals surface area contributed by atoms with Crippen LogP contribution in [0.2, 0.25) is 0 Å². The molecule has 3 aromatic carbocycles. The number of carbonyl (C=O) groups is 1. The third-order valence-corrected chi connectivity index (χ3v) is 5.45. The van der Waals surface area contributed by atoms with Gasteiger partial charge in [-0.05, 0) is 71.8 Å². The summed E-state index contributed by atoms with van der Waals surface area (Å²) >= 11 is 3.43. The number of halogens is 1. The molecule has 0 saturated carbocycles. The molecule has 0 unspecified atom stereocenters. The van der Waals surface area contributed by atoms with Gasteiger partial charge >= 0.3 is 5.97 Å². The molecule has 0 saturated heterocycles.